The highest BCUT2D eigenvalue weighted by molar-refractivity contribution is 5.88. The van der Waals surface area contributed by atoms with E-state index in [0.29, 0.717) is 23.3 Å². The summed E-state index contributed by atoms with van der Waals surface area (Å²) in [6.45, 7) is 2.34. The van der Waals surface area contributed by atoms with E-state index in [2.05, 4.69) is 13.0 Å². The Kier molecular flexibility index (Phi) is 3.36. The monoisotopic (exact) mass is 312 g/mol. The number of fused-ring (bicyclic) bond motifs is 5. The maximum absolute atomic E-state index is 11.5. The molecule has 0 amide bonds. The Balaban J connectivity index is 1.68. The summed E-state index contributed by atoms with van der Waals surface area (Å²) in [5.41, 5.74) is 3.22. The van der Waals surface area contributed by atoms with Crippen LogP contribution in [0.1, 0.15) is 66.4 Å². The van der Waals surface area contributed by atoms with Crippen LogP contribution in [0.25, 0.3) is 0 Å². The molecule has 23 heavy (non-hydrogen) atoms. The quantitative estimate of drug-likeness (QED) is 0.838. The van der Waals surface area contributed by atoms with E-state index in [0.717, 1.165) is 32.1 Å². The van der Waals surface area contributed by atoms with E-state index >= 15 is 0 Å². The average Bonchev–Trinajstić information content (AvgIpc) is 2.90. The Labute approximate surface area is 137 Å². The third-order valence-electron chi connectivity index (χ3n) is 7.21. The minimum Gasteiger partial charge on any atom is -0.478 e. The molecule has 5 atom stereocenters. The lowest BCUT2D eigenvalue weighted by Gasteiger charge is -2.50. The summed E-state index contributed by atoms with van der Waals surface area (Å²) in [4.78, 5) is 22.7. The normalized spacial score (nSPS) is 38.3. The van der Waals surface area contributed by atoms with Crippen molar-refractivity contribution in [1.29, 1.82) is 0 Å². The minimum atomic E-state index is -0.837. The van der Waals surface area contributed by atoms with Gasteiger partial charge in [0, 0.05) is 5.92 Å². The molecule has 0 bridgehead atoms. The molecule has 122 valence electrons. The predicted octanol–water partition coefficient (Wildman–Crippen LogP) is 4.06. The fraction of sp³-hybridized carbons (Fsp3) is 0.600. The summed E-state index contributed by atoms with van der Waals surface area (Å²) >= 11 is 0. The van der Waals surface area contributed by atoms with Crippen LogP contribution in [0.2, 0.25) is 0 Å². The van der Waals surface area contributed by atoms with Gasteiger partial charge in [0.1, 0.15) is 6.29 Å². The van der Waals surface area contributed by atoms with Crippen molar-refractivity contribution in [3.63, 3.8) is 0 Å². The van der Waals surface area contributed by atoms with Crippen LogP contribution >= 0.6 is 0 Å². The van der Waals surface area contributed by atoms with E-state index < -0.39 is 5.97 Å². The maximum atomic E-state index is 11.5. The second-order valence-corrected chi connectivity index (χ2v) is 8.00. The van der Waals surface area contributed by atoms with Gasteiger partial charge < -0.3 is 9.90 Å². The average molecular weight is 312 g/mol. The molecule has 4 rings (SSSR count). The van der Waals surface area contributed by atoms with Crippen LogP contribution in [-0.4, -0.2) is 17.4 Å². The molecular weight excluding hydrogens is 288 g/mol. The molecule has 0 unspecified atom stereocenters. The molecule has 3 aliphatic rings. The number of benzene rings is 1. The van der Waals surface area contributed by atoms with Gasteiger partial charge in [-0.3, -0.25) is 0 Å². The van der Waals surface area contributed by atoms with Crippen molar-refractivity contribution >= 4 is 12.3 Å². The van der Waals surface area contributed by atoms with Gasteiger partial charge in [0.15, 0.2) is 0 Å². The number of hydrogen-bond donors (Lipinski definition) is 1. The number of aromatic carboxylic acids is 1. The molecule has 0 spiro atoms. The molecule has 1 aromatic carbocycles. The Morgan fingerprint density at radius 2 is 2.09 bits per heavy atom. The zero-order valence-corrected chi connectivity index (χ0v) is 13.6. The van der Waals surface area contributed by atoms with Gasteiger partial charge in [-0.2, -0.15) is 0 Å². The molecule has 2 saturated carbocycles. The fourth-order valence-electron chi connectivity index (χ4n) is 5.98. The first-order chi connectivity index (χ1) is 11.0. The molecule has 2 fully saturated rings. The number of hydrogen-bond acceptors (Lipinski definition) is 2. The number of rotatable bonds is 2. The summed E-state index contributed by atoms with van der Waals surface area (Å²) in [7, 11) is 0. The van der Waals surface area contributed by atoms with Crippen LogP contribution in [0.3, 0.4) is 0 Å². The first-order valence-electron chi connectivity index (χ1n) is 8.86. The van der Waals surface area contributed by atoms with Crippen molar-refractivity contribution in [3.05, 3.63) is 34.9 Å². The van der Waals surface area contributed by atoms with Crippen molar-refractivity contribution in [2.24, 2.45) is 23.2 Å². The van der Waals surface area contributed by atoms with Gasteiger partial charge in [0.05, 0.1) is 5.56 Å². The number of carbonyl (C=O) groups is 2. The largest absolute Gasteiger partial charge is 0.478 e. The third-order valence-corrected chi connectivity index (χ3v) is 7.21. The molecule has 1 aromatic rings. The number of aryl methyl sites for hydroxylation is 1. The molecular formula is C20H24O3. The van der Waals surface area contributed by atoms with E-state index in [9.17, 15) is 14.7 Å². The Hall–Kier alpha value is -1.64. The van der Waals surface area contributed by atoms with E-state index in [1.165, 1.54) is 23.8 Å². The number of aldehydes is 1. The van der Waals surface area contributed by atoms with Gasteiger partial charge in [-0.05, 0) is 85.0 Å². The summed E-state index contributed by atoms with van der Waals surface area (Å²) < 4.78 is 0. The standard InChI is InChI=1S/C20H24O3/c1-20-9-8-16-15-5-3-13(19(22)23)10-12(15)2-6-17(16)18(20)7-4-14(20)11-21/h3,5,10-11,14,16-18H,2,4,6-9H2,1H3,(H,22,23)/t14-,16-,17-,18+,20-/m1/s1. The smallest absolute Gasteiger partial charge is 0.335 e. The van der Waals surface area contributed by atoms with E-state index in [1.807, 2.05) is 6.07 Å². The third kappa shape index (κ3) is 2.09. The lowest BCUT2D eigenvalue weighted by Crippen LogP contribution is -2.42. The van der Waals surface area contributed by atoms with Gasteiger partial charge in [-0.25, -0.2) is 4.79 Å². The highest BCUT2D eigenvalue weighted by Crippen LogP contribution is 2.62. The summed E-state index contributed by atoms with van der Waals surface area (Å²) in [6.07, 6.45) is 7.84. The lowest BCUT2D eigenvalue weighted by molar-refractivity contribution is -0.115. The fourth-order valence-corrected chi connectivity index (χ4v) is 5.98. The van der Waals surface area contributed by atoms with Crippen LogP contribution in [-0.2, 0) is 11.2 Å². The highest BCUT2D eigenvalue weighted by atomic mass is 16.4. The van der Waals surface area contributed by atoms with Gasteiger partial charge in [-0.15, -0.1) is 0 Å². The van der Waals surface area contributed by atoms with Crippen LogP contribution < -0.4 is 0 Å². The molecule has 1 N–H and O–H groups in total. The van der Waals surface area contributed by atoms with Crippen molar-refractivity contribution < 1.29 is 14.7 Å². The van der Waals surface area contributed by atoms with Gasteiger partial charge >= 0.3 is 5.97 Å². The maximum Gasteiger partial charge on any atom is 0.335 e. The van der Waals surface area contributed by atoms with Gasteiger partial charge in [-0.1, -0.05) is 13.0 Å². The predicted molar refractivity (Wildman–Crippen MR) is 87.6 cm³/mol. The highest BCUT2D eigenvalue weighted by Gasteiger charge is 2.54. The van der Waals surface area contributed by atoms with Gasteiger partial charge in [0.25, 0.3) is 0 Å². The number of carboxylic acids is 1. The Bertz CT molecular complexity index is 665. The number of carbonyl (C=O) groups excluding carboxylic acids is 1. The van der Waals surface area contributed by atoms with Crippen molar-refractivity contribution in [2.45, 2.75) is 51.4 Å². The Morgan fingerprint density at radius 3 is 2.83 bits per heavy atom. The molecule has 0 aromatic heterocycles. The summed E-state index contributed by atoms with van der Waals surface area (Å²) in [6, 6.07) is 5.70. The van der Waals surface area contributed by atoms with Gasteiger partial charge in [0.2, 0.25) is 0 Å². The minimum absolute atomic E-state index is 0.196. The summed E-state index contributed by atoms with van der Waals surface area (Å²) in [5, 5.41) is 9.20. The molecule has 0 aliphatic heterocycles. The van der Waals surface area contributed by atoms with Crippen molar-refractivity contribution in [2.75, 3.05) is 0 Å². The lowest BCUT2D eigenvalue weighted by atomic mass is 9.54. The van der Waals surface area contributed by atoms with Crippen LogP contribution in [0.15, 0.2) is 18.2 Å². The second kappa shape index (κ2) is 5.19. The summed E-state index contributed by atoms with van der Waals surface area (Å²) in [5.74, 6) is 1.29. The molecule has 3 nitrogen and oxygen atoms in total. The molecule has 3 aliphatic carbocycles. The van der Waals surface area contributed by atoms with Crippen molar-refractivity contribution in [3.8, 4) is 0 Å². The molecule has 3 heteroatoms. The topological polar surface area (TPSA) is 54.4 Å². The van der Waals surface area contributed by atoms with Crippen molar-refractivity contribution in [1.82, 2.24) is 0 Å². The Morgan fingerprint density at radius 1 is 1.26 bits per heavy atom. The molecule has 0 heterocycles. The zero-order valence-electron chi connectivity index (χ0n) is 13.6. The second-order valence-electron chi connectivity index (χ2n) is 8.00. The first-order valence-corrected chi connectivity index (χ1v) is 8.86. The molecule has 0 radical (unpaired) electrons. The first kappa shape index (κ1) is 14.9. The van der Waals surface area contributed by atoms with Crippen LogP contribution in [0.5, 0.6) is 0 Å². The van der Waals surface area contributed by atoms with E-state index in [4.69, 9.17) is 0 Å². The van der Waals surface area contributed by atoms with Crippen LogP contribution in [0, 0.1) is 23.2 Å². The SMILES string of the molecule is C[C@]12CC[C@@H]3c4ccc(C(=O)O)cc4CC[C@H]3[C@@H]1CC[C@@H]2C=O. The number of carboxylic acid groups (broad SMARTS) is 1. The van der Waals surface area contributed by atoms with E-state index in [-0.39, 0.29) is 11.3 Å². The van der Waals surface area contributed by atoms with Crippen LogP contribution in [0.4, 0.5) is 0 Å². The van der Waals surface area contributed by atoms with E-state index in [1.54, 1.807) is 6.07 Å². The molecule has 0 saturated heterocycles. The zero-order chi connectivity index (χ0) is 16.2.